The first-order valence-electron chi connectivity index (χ1n) is 8.56. The molecule has 1 fully saturated rings. The molecule has 1 unspecified atom stereocenters. The molecule has 0 aliphatic carbocycles. The number of rotatable bonds is 4. The van der Waals surface area contributed by atoms with Gasteiger partial charge in [-0.2, -0.15) is 0 Å². The standard InChI is InChI=1S/C18H25N3O3S/c1-12-13(2)20-17-7-6-14(9-16(12)17)10-19-18(22)15-5-4-8-21(11-15)25(3,23)24/h6-7,9,15,20H,4-5,8,10-11H2,1-3H3,(H,19,22). The van der Waals surface area contributed by atoms with Gasteiger partial charge in [0.2, 0.25) is 15.9 Å². The number of hydrogen-bond donors (Lipinski definition) is 2. The molecule has 2 N–H and O–H groups in total. The number of H-pyrrole nitrogens is 1. The van der Waals surface area contributed by atoms with Crippen molar-refractivity contribution in [3.05, 3.63) is 35.0 Å². The molecule has 0 bridgehead atoms. The number of aromatic nitrogens is 1. The average molecular weight is 363 g/mol. The summed E-state index contributed by atoms with van der Waals surface area (Å²) in [6.45, 7) is 5.37. The van der Waals surface area contributed by atoms with Gasteiger partial charge in [0, 0.05) is 36.2 Å². The second kappa shape index (κ2) is 6.80. The molecule has 3 rings (SSSR count). The van der Waals surface area contributed by atoms with E-state index in [9.17, 15) is 13.2 Å². The first-order chi connectivity index (χ1) is 11.8. The number of nitrogens with zero attached hydrogens (tertiary/aromatic N) is 1. The summed E-state index contributed by atoms with van der Waals surface area (Å²) in [5.74, 6) is -0.348. The number of hydrogen-bond acceptors (Lipinski definition) is 3. The fourth-order valence-corrected chi connectivity index (χ4v) is 4.32. The van der Waals surface area contributed by atoms with Crippen LogP contribution >= 0.6 is 0 Å². The van der Waals surface area contributed by atoms with E-state index in [4.69, 9.17) is 0 Å². The van der Waals surface area contributed by atoms with Crippen molar-refractivity contribution in [1.29, 1.82) is 0 Å². The molecule has 1 aromatic heterocycles. The second-order valence-corrected chi connectivity index (χ2v) is 8.92. The third-order valence-electron chi connectivity index (χ3n) is 5.06. The molecule has 1 amide bonds. The zero-order valence-corrected chi connectivity index (χ0v) is 15.7. The Kier molecular flexibility index (Phi) is 4.88. The summed E-state index contributed by atoms with van der Waals surface area (Å²) < 4.78 is 24.8. The summed E-state index contributed by atoms with van der Waals surface area (Å²) in [7, 11) is -3.24. The van der Waals surface area contributed by atoms with E-state index >= 15 is 0 Å². The van der Waals surface area contributed by atoms with Gasteiger partial charge in [-0.1, -0.05) is 6.07 Å². The molecule has 2 heterocycles. The highest BCUT2D eigenvalue weighted by Crippen LogP contribution is 2.23. The van der Waals surface area contributed by atoms with Crippen LogP contribution in [-0.2, 0) is 21.4 Å². The molecule has 1 aliphatic heterocycles. The monoisotopic (exact) mass is 363 g/mol. The molecule has 1 atom stereocenters. The number of benzene rings is 1. The predicted octanol–water partition coefficient (Wildman–Crippen LogP) is 2.07. The lowest BCUT2D eigenvalue weighted by Crippen LogP contribution is -2.44. The van der Waals surface area contributed by atoms with Crippen LogP contribution in [0.1, 0.15) is 29.7 Å². The van der Waals surface area contributed by atoms with Crippen LogP contribution in [0.25, 0.3) is 10.9 Å². The number of carbonyl (C=O) groups is 1. The smallest absolute Gasteiger partial charge is 0.224 e. The number of sulfonamides is 1. The van der Waals surface area contributed by atoms with Crippen molar-refractivity contribution < 1.29 is 13.2 Å². The van der Waals surface area contributed by atoms with Crippen molar-refractivity contribution in [2.45, 2.75) is 33.2 Å². The van der Waals surface area contributed by atoms with Crippen LogP contribution in [0.15, 0.2) is 18.2 Å². The molecular formula is C18H25N3O3S. The Bertz CT molecular complexity index is 902. The molecule has 1 aliphatic rings. The first-order valence-corrected chi connectivity index (χ1v) is 10.4. The van der Waals surface area contributed by atoms with E-state index in [1.54, 1.807) is 0 Å². The van der Waals surface area contributed by atoms with Crippen molar-refractivity contribution >= 4 is 26.8 Å². The van der Waals surface area contributed by atoms with Gasteiger partial charge in [-0.05, 0) is 49.9 Å². The van der Waals surface area contributed by atoms with E-state index in [1.165, 1.54) is 21.5 Å². The molecule has 0 spiro atoms. The van der Waals surface area contributed by atoms with Gasteiger partial charge in [0.1, 0.15) is 0 Å². The van der Waals surface area contributed by atoms with E-state index in [-0.39, 0.29) is 18.4 Å². The molecule has 136 valence electrons. The Hall–Kier alpha value is -1.86. The Morgan fingerprint density at radius 1 is 1.36 bits per heavy atom. The van der Waals surface area contributed by atoms with Gasteiger partial charge in [-0.3, -0.25) is 4.79 Å². The van der Waals surface area contributed by atoms with Gasteiger partial charge in [0.05, 0.1) is 12.2 Å². The van der Waals surface area contributed by atoms with Crippen LogP contribution in [0.5, 0.6) is 0 Å². The van der Waals surface area contributed by atoms with Crippen molar-refractivity contribution in [3.8, 4) is 0 Å². The lowest BCUT2D eigenvalue weighted by atomic mass is 9.98. The molecule has 1 saturated heterocycles. The minimum absolute atomic E-state index is 0.0737. The van der Waals surface area contributed by atoms with Gasteiger partial charge in [-0.25, -0.2) is 12.7 Å². The van der Waals surface area contributed by atoms with E-state index in [0.717, 1.165) is 29.6 Å². The van der Waals surface area contributed by atoms with E-state index in [2.05, 4.69) is 23.3 Å². The maximum Gasteiger partial charge on any atom is 0.224 e. The fourth-order valence-electron chi connectivity index (χ4n) is 3.41. The minimum Gasteiger partial charge on any atom is -0.358 e. The molecular weight excluding hydrogens is 338 g/mol. The third-order valence-corrected chi connectivity index (χ3v) is 6.33. The second-order valence-electron chi connectivity index (χ2n) is 6.93. The Balaban J connectivity index is 1.65. The van der Waals surface area contributed by atoms with Crippen LogP contribution in [0.2, 0.25) is 0 Å². The molecule has 0 saturated carbocycles. The van der Waals surface area contributed by atoms with Crippen LogP contribution in [0, 0.1) is 19.8 Å². The first kappa shape index (κ1) is 17.9. The number of nitrogens with one attached hydrogen (secondary N) is 2. The van der Waals surface area contributed by atoms with E-state index in [0.29, 0.717) is 13.1 Å². The summed E-state index contributed by atoms with van der Waals surface area (Å²) in [4.78, 5) is 15.8. The molecule has 25 heavy (non-hydrogen) atoms. The molecule has 0 radical (unpaired) electrons. The summed E-state index contributed by atoms with van der Waals surface area (Å²) in [5.41, 5.74) is 4.51. The third kappa shape index (κ3) is 3.88. The zero-order valence-electron chi connectivity index (χ0n) is 14.9. The molecule has 2 aromatic rings. The van der Waals surface area contributed by atoms with Gasteiger partial charge < -0.3 is 10.3 Å². The van der Waals surface area contributed by atoms with Crippen molar-refractivity contribution in [2.75, 3.05) is 19.3 Å². The number of piperidine rings is 1. The van der Waals surface area contributed by atoms with Gasteiger partial charge in [0.25, 0.3) is 0 Å². The van der Waals surface area contributed by atoms with Gasteiger partial charge >= 0.3 is 0 Å². The number of carbonyl (C=O) groups excluding carboxylic acids is 1. The average Bonchev–Trinajstić information content (AvgIpc) is 2.86. The normalized spacial score (nSPS) is 19.2. The quantitative estimate of drug-likeness (QED) is 0.872. The number of fused-ring (bicyclic) bond motifs is 1. The highest BCUT2D eigenvalue weighted by molar-refractivity contribution is 7.88. The lowest BCUT2D eigenvalue weighted by Gasteiger charge is -2.30. The number of aryl methyl sites for hydroxylation is 2. The Labute approximate surface area is 148 Å². The van der Waals surface area contributed by atoms with Crippen LogP contribution in [-0.4, -0.2) is 43.0 Å². The highest BCUT2D eigenvalue weighted by atomic mass is 32.2. The topological polar surface area (TPSA) is 82.3 Å². The van der Waals surface area contributed by atoms with Crippen molar-refractivity contribution in [1.82, 2.24) is 14.6 Å². The number of aromatic amines is 1. The van der Waals surface area contributed by atoms with Crippen molar-refractivity contribution in [3.63, 3.8) is 0 Å². The minimum atomic E-state index is -3.24. The largest absolute Gasteiger partial charge is 0.358 e. The maximum absolute atomic E-state index is 12.4. The van der Waals surface area contributed by atoms with E-state index in [1.807, 2.05) is 19.1 Å². The fraction of sp³-hybridized carbons (Fsp3) is 0.500. The zero-order chi connectivity index (χ0) is 18.2. The van der Waals surface area contributed by atoms with Crippen LogP contribution in [0.4, 0.5) is 0 Å². The number of amides is 1. The molecule has 1 aromatic carbocycles. The summed E-state index contributed by atoms with van der Waals surface area (Å²) in [6.07, 6.45) is 2.65. The van der Waals surface area contributed by atoms with Crippen LogP contribution < -0.4 is 5.32 Å². The Morgan fingerprint density at radius 2 is 2.12 bits per heavy atom. The Morgan fingerprint density at radius 3 is 2.84 bits per heavy atom. The van der Waals surface area contributed by atoms with Gasteiger partial charge in [0.15, 0.2) is 0 Å². The van der Waals surface area contributed by atoms with E-state index < -0.39 is 10.0 Å². The van der Waals surface area contributed by atoms with Gasteiger partial charge in [-0.15, -0.1) is 0 Å². The SMILES string of the molecule is Cc1[nH]c2ccc(CNC(=O)C3CCCN(S(C)(=O)=O)C3)cc2c1C. The van der Waals surface area contributed by atoms with Crippen LogP contribution in [0.3, 0.4) is 0 Å². The maximum atomic E-state index is 12.4. The summed E-state index contributed by atoms with van der Waals surface area (Å²) in [5, 5.41) is 4.13. The lowest BCUT2D eigenvalue weighted by molar-refractivity contribution is -0.126. The molecule has 7 heteroatoms. The summed E-state index contributed by atoms with van der Waals surface area (Å²) in [6, 6.07) is 6.13. The highest BCUT2D eigenvalue weighted by Gasteiger charge is 2.29. The molecule has 6 nitrogen and oxygen atoms in total. The van der Waals surface area contributed by atoms with Crippen molar-refractivity contribution in [2.24, 2.45) is 5.92 Å². The predicted molar refractivity (Wildman–Crippen MR) is 98.8 cm³/mol. The summed E-state index contributed by atoms with van der Waals surface area (Å²) >= 11 is 0.